The molecule has 13 atom stereocenters. The third kappa shape index (κ3) is 4.05. The summed E-state index contributed by atoms with van der Waals surface area (Å²) in [7, 11) is 0. The van der Waals surface area contributed by atoms with Crippen LogP contribution in [0.1, 0.15) is 106 Å². The molecular formula is C35H56O7. The van der Waals surface area contributed by atoms with Crippen LogP contribution in [0.25, 0.3) is 0 Å². The Morgan fingerprint density at radius 3 is 2.21 bits per heavy atom. The number of allylic oxidation sites excluding steroid dienone is 2. The van der Waals surface area contributed by atoms with E-state index in [9.17, 15) is 25.2 Å². The molecule has 0 spiro atoms. The van der Waals surface area contributed by atoms with Gasteiger partial charge in [0.1, 0.15) is 18.3 Å². The number of aliphatic carboxylic acids is 1. The number of hydrogen-bond acceptors (Lipinski definition) is 6. The highest BCUT2D eigenvalue weighted by atomic mass is 16.7. The third-order valence-corrected chi connectivity index (χ3v) is 14.8. The zero-order valence-electron chi connectivity index (χ0n) is 26.9. The molecule has 5 aliphatic carbocycles. The summed E-state index contributed by atoms with van der Waals surface area (Å²) in [4.78, 5) is 12.9. The minimum atomic E-state index is -1.17. The summed E-state index contributed by atoms with van der Waals surface area (Å²) in [6.45, 7) is 16.4. The number of carbonyl (C=O) groups is 1. The first-order chi connectivity index (χ1) is 19.5. The molecule has 1 heterocycles. The molecular weight excluding hydrogens is 532 g/mol. The van der Waals surface area contributed by atoms with E-state index >= 15 is 0 Å². The Balaban J connectivity index is 1.30. The minimum absolute atomic E-state index is 0.0478. The smallest absolute Gasteiger partial charge is 0.309 e. The third-order valence-electron chi connectivity index (χ3n) is 14.8. The zero-order valence-corrected chi connectivity index (χ0v) is 26.9. The Labute approximate surface area is 252 Å². The summed E-state index contributed by atoms with van der Waals surface area (Å²) >= 11 is 0. The van der Waals surface area contributed by atoms with E-state index in [1.54, 1.807) is 0 Å². The molecule has 4 N–H and O–H groups in total. The molecule has 238 valence electrons. The first-order valence-electron chi connectivity index (χ1n) is 16.7. The van der Waals surface area contributed by atoms with Gasteiger partial charge in [0.25, 0.3) is 0 Å². The van der Waals surface area contributed by atoms with Gasteiger partial charge in [-0.15, -0.1) is 0 Å². The summed E-state index contributed by atoms with van der Waals surface area (Å²) in [5.74, 6) is 0.680. The maximum Gasteiger partial charge on any atom is 0.309 e. The molecule has 1 aliphatic heterocycles. The highest BCUT2D eigenvalue weighted by molar-refractivity contribution is 5.75. The van der Waals surface area contributed by atoms with Crippen LogP contribution in [-0.4, -0.2) is 63.7 Å². The molecule has 0 amide bonds. The molecule has 0 aromatic heterocycles. The van der Waals surface area contributed by atoms with Crippen LogP contribution < -0.4 is 0 Å². The molecule has 0 unspecified atom stereocenters. The Morgan fingerprint density at radius 1 is 0.881 bits per heavy atom. The number of rotatable bonds is 4. The van der Waals surface area contributed by atoms with Gasteiger partial charge < -0.3 is 29.9 Å². The Bertz CT molecular complexity index is 1120. The van der Waals surface area contributed by atoms with Gasteiger partial charge in [-0.25, -0.2) is 0 Å². The molecule has 4 saturated carbocycles. The van der Waals surface area contributed by atoms with E-state index in [1.807, 2.05) is 0 Å². The lowest BCUT2D eigenvalue weighted by atomic mass is 9.33. The van der Waals surface area contributed by atoms with Crippen molar-refractivity contribution in [3.8, 4) is 0 Å². The largest absolute Gasteiger partial charge is 0.481 e. The van der Waals surface area contributed by atoms with Crippen LogP contribution in [0.2, 0.25) is 0 Å². The predicted octanol–water partition coefficient (Wildman–Crippen LogP) is 5.55. The van der Waals surface area contributed by atoms with E-state index in [1.165, 1.54) is 0 Å². The normalized spacial score (nSPS) is 54.3. The van der Waals surface area contributed by atoms with Crippen molar-refractivity contribution in [1.29, 1.82) is 0 Å². The molecule has 0 radical (unpaired) electrons. The lowest BCUT2D eigenvalue weighted by Gasteiger charge is -2.71. The molecule has 0 aromatic rings. The molecule has 42 heavy (non-hydrogen) atoms. The SMILES string of the molecule is CC1(C)CC[C@]2(C(=O)O)CC[C@]3(C)[C@H](C=C[C@H]4[C@@]5(C)CC[C@H](O[C@H]6O[C@H](CO)[C@@H](O)[C@@H]6O)C(C)(C)[C@@H]5CC[C@]43C)[C@@H]2C1. The van der Waals surface area contributed by atoms with Crippen molar-refractivity contribution in [1.82, 2.24) is 0 Å². The van der Waals surface area contributed by atoms with Crippen molar-refractivity contribution < 1.29 is 34.7 Å². The Morgan fingerprint density at radius 2 is 1.57 bits per heavy atom. The molecule has 0 aromatic carbocycles. The summed E-state index contributed by atoms with van der Waals surface area (Å²) in [5, 5.41) is 41.0. The minimum Gasteiger partial charge on any atom is -0.481 e. The molecule has 6 rings (SSSR count). The van der Waals surface area contributed by atoms with Crippen molar-refractivity contribution in [2.75, 3.05) is 6.61 Å². The van der Waals surface area contributed by atoms with Crippen LogP contribution in [0, 0.1) is 56.2 Å². The van der Waals surface area contributed by atoms with E-state index in [2.05, 4.69) is 60.6 Å². The van der Waals surface area contributed by atoms with Crippen LogP contribution in [0.15, 0.2) is 12.2 Å². The van der Waals surface area contributed by atoms with Crippen LogP contribution in [-0.2, 0) is 14.3 Å². The van der Waals surface area contributed by atoms with Crippen LogP contribution >= 0.6 is 0 Å². The summed E-state index contributed by atoms with van der Waals surface area (Å²) in [6, 6.07) is 0. The number of aliphatic hydroxyl groups is 3. The highest BCUT2D eigenvalue weighted by Gasteiger charge is 2.70. The number of fused-ring (bicyclic) bond motifs is 7. The zero-order chi connectivity index (χ0) is 30.7. The van der Waals surface area contributed by atoms with Crippen LogP contribution in [0.4, 0.5) is 0 Å². The maximum absolute atomic E-state index is 12.9. The van der Waals surface area contributed by atoms with Gasteiger partial charge in [0.2, 0.25) is 0 Å². The lowest BCUT2D eigenvalue weighted by Crippen LogP contribution is -2.66. The second-order valence-electron chi connectivity index (χ2n) is 17.4. The second kappa shape index (κ2) is 9.75. The van der Waals surface area contributed by atoms with E-state index < -0.39 is 36.0 Å². The summed E-state index contributed by atoms with van der Waals surface area (Å²) in [6.07, 6.45) is 9.35. The molecule has 5 fully saturated rings. The molecule has 1 saturated heterocycles. The van der Waals surface area contributed by atoms with Crippen molar-refractivity contribution in [2.45, 2.75) is 137 Å². The van der Waals surface area contributed by atoms with Gasteiger partial charge in [-0.05, 0) is 109 Å². The average Bonchev–Trinajstić information content (AvgIpc) is 3.18. The fourth-order valence-electron chi connectivity index (χ4n) is 12.1. The fourth-order valence-corrected chi connectivity index (χ4v) is 12.1. The monoisotopic (exact) mass is 588 g/mol. The van der Waals surface area contributed by atoms with E-state index in [4.69, 9.17) is 9.47 Å². The van der Waals surface area contributed by atoms with Gasteiger partial charge in [-0.3, -0.25) is 4.79 Å². The summed E-state index contributed by atoms with van der Waals surface area (Å²) < 4.78 is 12.2. The first kappa shape index (κ1) is 31.0. The second-order valence-corrected chi connectivity index (χ2v) is 17.4. The van der Waals surface area contributed by atoms with Crippen LogP contribution in [0.5, 0.6) is 0 Å². The average molecular weight is 589 g/mol. The van der Waals surface area contributed by atoms with Crippen molar-refractivity contribution in [3.63, 3.8) is 0 Å². The van der Waals surface area contributed by atoms with Gasteiger partial charge >= 0.3 is 5.97 Å². The number of ether oxygens (including phenoxy) is 2. The van der Waals surface area contributed by atoms with Crippen molar-refractivity contribution >= 4 is 5.97 Å². The number of aliphatic hydroxyl groups excluding tert-OH is 3. The van der Waals surface area contributed by atoms with Crippen molar-refractivity contribution in [2.24, 2.45) is 56.2 Å². The fraction of sp³-hybridized carbons (Fsp3) is 0.914. The highest BCUT2D eigenvalue weighted by Crippen LogP contribution is 2.75. The van der Waals surface area contributed by atoms with Crippen LogP contribution in [0.3, 0.4) is 0 Å². The molecule has 7 heteroatoms. The van der Waals surface area contributed by atoms with Gasteiger partial charge in [0.15, 0.2) is 6.29 Å². The molecule has 0 bridgehead atoms. The quantitative estimate of drug-likeness (QED) is 0.318. The molecule has 6 aliphatic rings. The first-order valence-corrected chi connectivity index (χ1v) is 16.7. The topological polar surface area (TPSA) is 116 Å². The van der Waals surface area contributed by atoms with Gasteiger partial charge in [-0.1, -0.05) is 60.6 Å². The van der Waals surface area contributed by atoms with Gasteiger partial charge in [-0.2, -0.15) is 0 Å². The van der Waals surface area contributed by atoms with Crippen molar-refractivity contribution in [3.05, 3.63) is 12.2 Å². The lowest BCUT2D eigenvalue weighted by molar-refractivity contribution is -0.261. The number of carboxylic acid groups (broad SMARTS) is 1. The van der Waals surface area contributed by atoms with E-state index in [0.717, 1.165) is 57.8 Å². The number of hydrogen-bond donors (Lipinski definition) is 4. The Hall–Kier alpha value is -0.990. The van der Waals surface area contributed by atoms with Gasteiger partial charge in [0, 0.05) is 0 Å². The number of carboxylic acids is 1. The summed E-state index contributed by atoms with van der Waals surface area (Å²) in [5.41, 5.74) is -0.409. The van der Waals surface area contributed by atoms with Gasteiger partial charge in [0.05, 0.1) is 18.1 Å². The van der Waals surface area contributed by atoms with E-state index in [0.29, 0.717) is 11.8 Å². The van der Waals surface area contributed by atoms with E-state index in [-0.39, 0.29) is 51.6 Å². The molecule has 7 nitrogen and oxygen atoms in total. The maximum atomic E-state index is 12.9. The predicted molar refractivity (Wildman–Crippen MR) is 159 cm³/mol. The Kier molecular flexibility index (Phi) is 7.20. The standard InChI is InChI=1S/C35H56O7/c1-30(2)14-16-35(29(39)40)17-15-33(6)20(21(35)18-30)8-9-24-32(5)12-11-25(31(3,4)23(32)10-13-34(24,33)7)42-28-27(38)26(37)22(19-36)41-28/h8-9,20-28,36-38H,10-19H2,1-7H3,(H,39,40)/t20-,21+,22-,23+,24+,25+,26-,27+,28-,32+,33-,34-,35+/m1/s1.